The first kappa shape index (κ1) is 19.2. The van der Waals surface area contributed by atoms with Crippen molar-refractivity contribution in [3.63, 3.8) is 0 Å². The molecule has 5 rings (SSSR count). The van der Waals surface area contributed by atoms with Crippen LogP contribution in [-0.2, 0) is 0 Å². The maximum Gasteiger partial charge on any atom is 0.261 e. The highest BCUT2D eigenvalue weighted by atomic mass is 16.2. The van der Waals surface area contributed by atoms with Gasteiger partial charge in [0.15, 0.2) is 0 Å². The summed E-state index contributed by atoms with van der Waals surface area (Å²) in [5.74, 6) is 0.315. The Morgan fingerprint density at radius 2 is 1.81 bits per heavy atom. The lowest BCUT2D eigenvalue weighted by molar-refractivity contribution is 0.0532. The molecule has 0 atom stereocenters. The quantitative estimate of drug-likeness (QED) is 0.334. The molecule has 2 aliphatic rings. The van der Waals surface area contributed by atoms with E-state index >= 15 is 0 Å². The second-order valence-corrected chi connectivity index (χ2v) is 8.15. The van der Waals surface area contributed by atoms with Gasteiger partial charge >= 0.3 is 0 Å². The number of nitrogens with one attached hydrogen (secondary N) is 3. The zero-order chi connectivity index (χ0) is 21.9. The van der Waals surface area contributed by atoms with Crippen LogP contribution < -0.4 is 5.56 Å². The maximum absolute atomic E-state index is 13.1. The number of aryl methyl sites for hydroxylation is 1. The van der Waals surface area contributed by atoms with Crippen molar-refractivity contribution in [2.24, 2.45) is 0 Å². The van der Waals surface area contributed by atoms with Gasteiger partial charge in [0.05, 0.1) is 33.6 Å². The summed E-state index contributed by atoms with van der Waals surface area (Å²) >= 11 is 0. The van der Waals surface area contributed by atoms with Crippen LogP contribution in [0, 0.1) is 12.3 Å². The van der Waals surface area contributed by atoms with E-state index in [1.54, 1.807) is 31.3 Å². The van der Waals surface area contributed by atoms with Gasteiger partial charge in [-0.15, -0.1) is 0 Å². The van der Waals surface area contributed by atoms with E-state index in [9.17, 15) is 14.4 Å². The highest BCUT2D eigenvalue weighted by Crippen LogP contribution is 2.32. The number of benzene rings is 1. The fourth-order valence-electron chi connectivity index (χ4n) is 4.54. The fourth-order valence-corrected chi connectivity index (χ4v) is 4.54. The Hall–Kier alpha value is -3.75. The Labute approximate surface area is 177 Å². The van der Waals surface area contributed by atoms with Crippen molar-refractivity contribution in [3.05, 3.63) is 51.4 Å². The average molecular weight is 418 g/mol. The van der Waals surface area contributed by atoms with Crippen LogP contribution in [0.2, 0.25) is 0 Å². The number of likely N-dealkylation sites (tertiary alicyclic amines) is 1. The molecule has 3 aromatic rings. The van der Waals surface area contributed by atoms with E-state index in [1.165, 1.54) is 4.90 Å². The molecule has 31 heavy (non-hydrogen) atoms. The van der Waals surface area contributed by atoms with Crippen molar-refractivity contribution in [1.82, 2.24) is 24.8 Å². The van der Waals surface area contributed by atoms with Crippen LogP contribution >= 0.6 is 0 Å². The summed E-state index contributed by atoms with van der Waals surface area (Å²) in [6.07, 6.45) is 2.88. The number of pyridine rings is 1. The summed E-state index contributed by atoms with van der Waals surface area (Å²) in [6.45, 7) is 4.89. The number of H-pyrrole nitrogens is 2. The standard InChI is InChI=1S/C22H22N6O3/c1-11-3-6-24-20(29)18(11)19-25-16-9-14-15(10-17(16)26-19)22(31)28(21(14)30)13-4-7-27(8-5-13)12(2)23/h3,6,9-10,13,23H,4-5,7-8H2,1-2H3,(H,24,29)(H,25,26). The van der Waals surface area contributed by atoms with Crippen molar-refractivity contribution in [2.45, 2.75) is 32.7 Å². The summed E-state index contributed by atoms with van der Waals surface area (Å²) in [7, 11) is 0. The molecule has 9 heteroatoms. The van der Waals surface area contributed by atoms with Gasteiger partial charge in [0.25, 0.3) is 17.4 Å². The number of imidazole rings is 1. The van der Waals surface area contributed by atoms with Crippen molar-refractivity contribution in [1.29, 1.82) is 5.41 Å². The number of rotatable bonds is 2. The first-order valence-electron chi connectivity index (χ1n) is 10.3. The second kappa shape index (κ2) is 6.90. The van der Waals surface area contributed by atoms with Gasteiger partial charge < -0.3 is 14.9 Å². The predicted molar refractivity (Wildman–Crippen MR) is 115 cm³/mol. The van der Waals surface area contributed by atoms with Gasteiger partial charge in [-0.05, 0) is 50.5 Å². The molecule has 9 nitrogen and oxygen atoms in total. The minimum atomic E-state index is -0.301. The third-order valence-electron chi connectivity index (χ3n) is 6.23. The summed E-state index contributed by atoms with van der Waals surface area (Å²) in [6, 6.07) is 4.91. The molecular formula is C22H22N6O3. The molecule has 0 unspecified atom stereocenters. The molecule has 0 radical (unpaired) electrons. The third kappa shape index (κ3) is 2.96. The van der Waals surface area contributed by atoms with Crippen LogP contribution in [0.1, 0.15) is 46.0 Å². The van der Waals surface area contributed by atoms with E-state index in [1.807, 2.05) is 11.8 Å². The smallest absolute Gasteiger partial charge is 0.261 e. The Balaban J connectivity index is 1.49. The average Bonchev–Trinajstić information content (AvgIpc) is 3.25. The number of hydrogen-bond donors (Lipinski definition) is 3. The van der Waals surface area contributed by atoms with Crippen LogP contribution in [0.15, 0.2) is 29.2 Å². The van der Waals surface area contributed by atoms with Crippen LogP contribution in [0.3, 0.4) is 0 Å². The lowest BCUT2D eigenvalue weighted by Gasteiger charge is -2.36. The lowest BCUT2D eigenvalue weighted by Crippen LogP contribution is -2.48. The molecular weight excluding hydrogens is 396 g/mol. The fraction of sp³-hybridized carbons (Fsp3) is 0.318. The van der Waals surface area contributed by atoms with E-state index in [0.717, 1.165) is 5.56 Å². The van der Waals surface area contributed by atoms with Gasteiger partial charge in [0.1, 0.15) is 5.82 Å². The summed E-state index contributed by atoms with van der Waals surface area (Å²) in [5, 5.41) is 7.77. The molecule has 1 aromatic carbocycles. The zero-order valence-corrected chi connectivity index (χ0v) is 17.3. The first-order valence-corrected chi connectivity index (χ1v) is 10.3. The van der Waals surface area contributed by atoms with Crippen molar-refractivity contribution in [2.75, 3.05) is 13.1 Å². The number of nitrogens with zero attached hydrogens (tertiary/aromatic N) is 3. The van der Waals surface area contributed by atoms with Gasteiger partial charge in [0.2, 0.25) is 0 Å². The van der Waals surface area contributed by atoms with Crippen LogP contribution in [0.5, 0.6) is 0 Å². The van der Waals surface area contributed by atoms with E-state index in [0.29, 0.717) is 65.3 Å². The number of fused-ring (bicyclic) bond motifs is 2. The number of imide groups is 1. The third-order valence-corrected chi connectivity index (χ3v) is 6.23. The predicted octanol–water partition coefficient (Wildman–Crippen LogP) is 2.28. The van der Waals surface area contributed by atoms with E-state index in [4.69, 9.17) is 5.41 Å². The van der Waals surface area contributed by atoms with Crippen molar-refractivity contribution in [3.8, 4) is 11.4 Å². The van der Waals surface area contributed by atoms with Gasteiger partial charge in [0, 0.05) is 25.3 Å². The normalized spacial score (nSPS) is 17.0. The molecule has 0 aliphatic carbocycles. The summed E-state index contributed by atoms with van der Waals surface area (Å²) < 4.78 is 0. The Kier molecular flexibility index (Phi) is 4.28. The maximum atomic E-state index is 13.1. The number of hydrogen-bond acceptors (Lipinski definition) is 5. The SMILES string of the molecule is CC(=N)N1CCC(N2C(=O)c3cc4nc(-c5c(C)cc[nH]c5=O)[nH]c4cc3C2=O)CC1. The molecule has 0 saturated carbocycles. The van der Waals surface area contributed by atoms with Gasteiger partial charge in [-0.3, -0.25) is 24.7 Å². The molecule has 0 spiro atoms. The number of amidine groups is 1. The zero-order valence-electron chi connectivity index (χ0n) is 17.3. The number of carbonyl (C=O) groups is 2. The molecule has 158 valence electrons. The van der Waals surface area contributed by atoms with Crippen LogP contribution in [0.4, 0.5) is 0 Å². The summed E-state index contributed by atoms with van der Waals surface area (Å²) in [4.78, 5) is 52.1. The minimum absolute atomic E-state index is 0.171. The summed E-state index contributed by atoms with van der Waals surface area (Å²) in [5.41, 5.74) is 2.81. The van der Waals surface area contributed by atoms with Crippen molar-refractivity contribution < 1.29 is 9.59 Å². The monoisotopic (exact) mass is 418 g/mol. The van der Waals surface area contributed by atoms with Gasteiger partial charge in [-0.1, -0.05) is 0 Å². The molecule has 0 bridgehead atoms. The Morgan fingerprint density at radius 1 is 1.13 bits per heavy atom. The number of carbonyl (C=O) groups excluding carboxylic acids is 2. The molecule has 3 N–H and O–H groups in total. The highest BCUT2D eigenvalue weighted by molar-refractivity contribution is 6.23. The number of aromatic amines is 2. The van der Waals surface area contributed by atoms with E-state index in [2.05, 4.69) is 15.0 Å². The van der Waals surface area contributed by atoms with Crippen LogP contribution in [0.25, 0.3) is 22.4 Å². The van der Waals surface area contributed by atoms with Crippen LogP contribution in [-0.4, -0.2) is 61.5 Å². The number of amides is 2. The highest BCUT2D eigenvalue weighted by Gasteiger charge is 2.41. The van der Waals surface area contributed by atoms with Gasteiger partial charge in [-0.25, -0.2) is 4.98 Å². The topological polar surface area (TPSA) is 126 Å². The molecule has 4 heterocycles. The van der Waals surface area contributed by atoms with Crippen molar-refractivity contribution >= 4 is 28.7 Å². The number of piperidine rings is 1. The molecule has 2 aliphatic heterocycles. The Bertz CT molecular complexity index is 1260. The van der Waals surface area contributed by atoms with Gasteiger partial charge in [-0.2, -0.15) is 0 Å². The molecule has 1 fully saturated rings. The number of aromatic nitrogens is 3. The second-order valence-electron chi connectivity index (χ2n) is 8.15. The molecule has 2 amide bonds. The molecule has 1 saturated heterocycles. The minimum Gasteiger partial charge on any atom is -0.361 e. The largest absolute Gasteiger partial charge is 0.361 e. The molecule has 2 aromatic heterocycles. The Morgan fingerprint density at radius 3 is 2.45 bits per heavy atom. The van der Waals surface area contributed by atoms with E-state index < -0.39 is 0 Å². The van der Waals surface area contributed by atoms with E-state index in [-0.39, 0.29) is 23.4 Å². The first-order chi connectivity index (χ1) is 14.8. The lowest BCUT2D eigenvalue weighted by atomic mass is 10.0.